The van der Waals surface area contributed by atoms with Crippen molar-refractivity contribution in [1.29, 1.82) is 0 Å². The number of aliphatic hydroxyl groups is 1. The number of alkyl halides is 3. The lowest BCUT2D eigenvalue weighted by Gasteiger charge is -2.27. The standard InChI is InChI=1S/C11H11F3O3/c1-10(17,11(12,13)14)8-4-2-3-7(5-8)6-9(15)16/h2-5,17H,6H2,1H3,(H,15,16). The molecule has 0 aliphatic heterocycles. The summed E-state index contributed by atoms with van der Waals surface area (Å²) in [6.07, 6.45) is -5.20. The third-order valence-electron chi connectivity index (χ3n) is 2.40. The Morgan fingerprint density at radius 2 is 1.94 bits per heavy atom. The Morgan fingerprint density at radius 1 is 1.35 bits per heavy atom. The summed E-state index contributed by atoms with van der Waals surface area (Å²) in [5.41, 5.74) is -3.15. The van der Waals surface area contributed by atoms with E-state index in [-0.39, 0.29) is 17.5 Å². The normalized spacial score (nSPS) is 15.4. The molecule has 1 aromatic carbocycles. The van der Waals surface area contributed by atoms with Crippen LogP contribution in [-0.2, 0) is 16.8 Å². The van der Waals surface area contributed by atoms with E-state index in [4.69, 9.17) is 5.11 Å². The molecule has 0 bridgehead atoms. The highest BCUT2D eigenvalue weighted by Gasteiger charge is 2.51. The topological polar surface area (TPSA) is 57.5 Å². The quantitative estimate of drug-likeness (QED) is 0.861. The van der Waals surface area contributed by atoms with Crippen LogP contribution >= 0.6 is 0 Å². The van der Waals surface area contributed by atoms with E-state index in [0.29, 0.717) is 6.92 Å². The maximum absolute atomic E-state index is 12.5. The van der Waals surface area contributed by atoms with Crippen molar-refractivity contribution in [3.63, 3.8) is 0 Å². The third-order valence-corrected chi connectivity index (χ3v) is 2.40. The van der Waals surface area contributed by atoms with Gasteiger partial charge in [-0.2, -0.15) is 13.2 Å². The third kappa shape index (κ3) is 2.97. The van der Waals surface area contributed by atoms with Gasteiger partial charge >= 0.3 is 12.1 Å². The number of halogens is 3. The van der Waals surface area contributed by atoms with Crippen molar-refractivity contribution in [2.24, 2.45) is 0 Å². The van der Waals surface area contributed by atoms with Gasteiger partial charge in [0.15, 0.2) is 5.60 Å². The molecule has 6 heteroatoms. The Labute approximate surface area is 95.5 Å². The van der Waals surface area contributed by atoms with E-state index in [0.717, 1.165) is 12.1 Å². The predicted octanol–water partition coefficient (Wildman–Crippen LogP) is 2.08. The number of carboxylic acid groups (broad SMARTS) is 1. The van der Waals surface area contributed by atoms with E-state index in [9.17, 15) is 23.1 Å². The van der Waals surface area contributed by atoms with Crippen LogP contribution in [-0.4, -0.2) is 22.4 Å². The Bertz CT molecular complexity index is 424. The second kappa shape index (κ2) is 4.37. The zero-order valence-electron chi connectivity index (χ0n) is 8.95. The van der Waals surface area contributed by atoms with E-state index >= 15 is 0 Å². The number of aliphatic carboxylic acids is 1. The highest BCUT2D eigenvalue weighted by atomic mass is 19.4. The Kier molecular flexibility index (Phi) is 3.47. The van der Waals surface area contributed by atoms with Gasteiger partial charge in [-0.15, -0.1) is 0 Å². The average molecular weight is 248 g/mol. The molecule has 0 spiro atoms. The lowest BCUT2D eigenvalue weighted by Crippen LogP contribution is -2.39. The van der Waals surface area contributed by atoms with E-state index < -0.39 is 17.7 Å². The zero-order valence-corrected chi connectivity index (χ0v) is 8.95. The van der Waals surface area contributed by atoms with Crippen LogP contribution in [0.2, 0.25) is 0 Å². The van der Waals surface area contributed by atoms with Crippen molar-refractivity contribution in [2.45, 2.75) is 25.1 Å². The van der Waals surface area contributed by atoms with Crippen LogP contribution in [0.3, 0.4) is 0 Å². The smallest absolute Gasteiger partial charge is 0.421 e. The van der Waals surface area contributed by atoms with E-state index in [1.807, 2.05) is 0 Å². The minimum absolute atomic E-state index is 0.208. The minimum Gasteiger partial charge on any atom is -0.481 e. The lowest BCUT2D eigenvalue weighted by atomic mass is 9.93. The van der Waals surface area contributed by atoms with Crippen molar-refractivity contribution in [3.05, 3.63) is 35.4 Å². The summed E-state index contributed by atoms with van der Waals surface area (Å²) in [6.45, 7) is 0.632. The molecule has 3 nitrogen and oxygen atoms in total. The maximum atomic E-state index is 12.5. The Morgan fingerprint density at radius 3 is 2.41 bits per heavy atom. The van der Waals surface area contributed by atoms with Crippen molar-refractivity contribution >= 4 is 5.97 Å². The number of carboxylic acids is 1. The highest BCUT2D eigenvalue weighted by Crippen LogP contribution is 2.38. The molecule has 1 aromatic rings. The van der Waals surface area contributed by atoms with Gasteiger partial charge in [-0.1, -0.05) is 24.3 Å². The molecule has 0 aliphatic rings. The van der Waals surface area contributed by atoms with Crippen LogP contribution in [0.25, 0.3) is 0 Å². The van der Waals surface area contributed by atoms with Crippen LogP contribution in [0.5, 0.6) is 0 Å². The van der Waals surface area contributed by atoms with Crippen molar-refractivity contribution < 1.29 is 28.2 Å². The fourth-order valence-electron chi connectivity index (χ4n) is 1.32. The predicted molar refractivity (Wildman–Crippen MR) is 53.4 cm³/mol. The van der Waals surface area contributed by atoms with Crippen molar-refractivity contribution in [2.75, 3.05) is 0 Å². The van der Waals surface area contributed by atoms with Gasteiger partial charge in [-0.3, -0.25) is 4.79 Å². The largest absolute Gasteiger partial charge is 0.481 e. The summed E-state index contributed by atoms with van der Waals surface area (Å²) >= 11 is 0. The molecule has 0 heterocycles. The van der Waals surface area contributed by atoms with Gasteiger partial charge in [0.2, 0.25) is 0 Å². The lowest BCUT2D eigenvalue weighted by molar-refractivity contribution is -0.258. The van der Waals surface area contributed by atoms with Crippen LogP contribution in [0.4, 0.5) is 13.2 Å². The number of rotatable bonds is 3. The first-order valence-electron chi connectivity index (χ1n) is 4.75. The number of benzene rings is 1. The van der Waals surface area contributed by atoms with Crippen molar-refractivity contribution in [3.8, 4) is 0 Å². The second-order valence-electron chi connectivity index (χ2n) is 3.84. The van der Waals surface area contributed by atoms with Crippen LogP contribution in [0.1, 0.15) is 18.1 Å². The molecular formula is C11H11F3O3. The summed E-state index contributed by atoms with van der Waals surface area (Å²) in [7, 11) is 0. The summed E-state index contributed by atoms with van der Waals surface area (Å²) in [5, 5.41) is 17.9. The molecule has 0 aliphatic carbocycles. The summed E-state index contributed by atoms with van der Waals surface area (Å²) in [5.74, 6) is -1.14. The highest BCUT2D eigenvalue weighted by molar-refractivity contribution is 5.70. The van der Waals surface area contributed by atoms with Gasteiger partial charge in [0, 0.05) is 0 Å². The summed E-state index contributed by atoms with van der Waals surface area (Å²) in [6, 6.07) is 4.83. The van der Waals surface area contributed by atoms with Gasteiger partial charge in [0.1, 0.15) is 0 Å². The molecule has 1 rings (SSSR count). The molecule has 0 fully saturated rings. The van der Waals surface area contributed by atoms with Gasteiger partial charge in [0.05, 0.1) is 6.42 Å². The van der Waals surface area contributed by atoms with Gasteiger partial charge in [-0.25, -0.2) is 0 Å². The van der Waals surface area contributed by atoms with Gasteiger partial charge in [0.25, 0.3) is 0 Å². The molecule has 0 aromatic heterocycles. The molecule has 94 valence electrons. The van der Waals surface area contributed by atoms with Crippen LogP contribution < -0.4 is 0 Å². The fraction of sp³-hybridized carbons (Fsp3) is 0.364. The van der Waals surface area contributed by atoms with Gasteiger partial charge in [-0.05, 0) is 18.1 Å². The average Bonchev–Trinajstić information content (AvgIpc) is 2.15. The Balaban J connectivity index is 3.11. The first-order valence-corrected chi connectivity index (χ1v) is 4.75. The SMILES string of the molecule is CC(O)(c1cccc(CC(=O)O)c1)C(F)(F)F. The molecule has 1 unspecified atom stereocenters. The summed E-state index contributed by atoms with van der Waals surface area (Å²) in [4.78, 5) is 10.4. The van der Waals surface area contributed by atoms with E-state index in [1.165, 1.54) is 12.1 Å². The number of carbonyl (C=O) groups is 1. The number of hydrogen-bond acceptors (Lipinski definition) is 2. The molecule has 0 saturated heterocycles. The Hall–Kier alpha value is -1.56. The van der Waals surface area contributed by atoms with Crippen LogP contribution in [0, 0.1) is 0 Å². The van der Waals surface area contributed by atoms with E-state index in [2.05, 4.69) is 0 Å². The van der Waals surface area contributed by atoms with E-state index in [1.54, 1.807) is 0 Å². The molecular weight excluding hydrogens is 237 g/mol. The van der Waals surface area contributed by atoms with Crippen molar-refractivity contribution in [1.82, 2.24) is 0 Å². The summed E-state index contributed by atoms with van der Waals surface area (Å²) < 4.78 is 37.6. The molecule has 1 atom stereocenters. The maximum Gasteiger partial charge on any atom is 0.421 e. The molecule has 2 N–H and O–H groups in total. The monoisotopic (exact) mass is 248 g/mol. The van der Waals surface area contributed by atoms with Crippen LogP contribution in [0.15, 0.2) is 24.3 Å². The first kappa shape index (κ1) is 13.5. The molecule has 0 radical (unpaired) electrons. The van der Waals surface area contributed by atoms with Gasteiger partial charge < -0.3 is 10.2 Å². The number of hydrogen-bond donors (Lipinski definition) is 2. The minimum atomic E-state index is -4.81. The second-order valence-corrected chi connectivity index (χ2v) is 3.84. The molecule has 0 amide bonds. The first-order chi connectivity index (χ1) is 7.64. The molecule has 17 heavy (non-hydrogen) atoms. The fourth-order valence-corrected chi connectivity index (χ4v) is 1.32. The molecule has 0 saturated carbocycles. The zero-order chi connectivity index (χ0) is 13.3.